The Labute approximate surface area is 116 Å². The molecule has 4 nitrogen and oxygen atoms in total. The number of sulfone groups is 1. The summed E-state index contributed by atoms with van der Waals surface area (Å²) < 4.78 is 29.1. The van der Waals surface area contributed by atoms with Crippen LogP contribution >= 0.6 is 0 Å². The van der Waals surface area contributed by atoms with Crippen LogP contribution in [0.25, 0.3) is 0 Å². The number of rotatable bonds is 8. The molecule has 0 aromatic rings. The zero-order valence-electron chi connectivity index (χ0n) is 11.5. The summed E-state index contributed by atoms with van der Waals surface area (Å²) in [5.74, 6) is 2.20. The first-order chi connectivity index (χ1) is 9.12. The van der Waals surface area contributed by atoms with Crippen molar-refractivity contribution < 1.29 is 13.2 Å². The minimum atomic E-state index is -2.78. The Hall–Kier alpha value is -0.130. The van der Waals surface area contributed by atoms with E-state index in [9.17, 15) is 8.42 Å². The normalized spacial score (nSPS) is 31.5. The third-order valence-electron chi connectivity index (χ3n) is 4.56. The lowest BCUT2D eigenvalue weighted by Gasteiger charge is -2.23. The van der Waals surface area contributed by atoms with Gasteiger partial charge in [-0.25, -0.2) is 8.42 Å². The van der Waals surface area contributed by atoms with E-state index in [4.69, 9.17) is 4.74 Å². The molecule has 1 aliphatic heterocycles. The van der Waals surface area contributed by atoms with Crippen molar-refractivity contribution in [3.8, 4) is 0 Å². The minimum absolute atomic E-state index is 0.301. The largest absolute Gasteiger partial charge is 0.381 e. The van der Waals surface area contributed by atoms with Crippen LogP contribution in [0.4, 0.5) is 0 Å². The van der Waals surface area contributed by atoms with Crippen LogP contribution in [0.5, 0.6) is 0 Å². The van der Waals surface area contributed by atoms with Gasteiger partial charge in [0.25, 0.3) is 0 Å². The van der Waals surface area contributed by atoms with Gasteiger partial charge in [0.15, 0.2) is 9.84 Å². The SMILES string of the molecule is O=S1(=O)CCC(C(CNC2CC2)COCC2CC2)C1. The Bertz CT molecular complexity index is 401. The second kappa shape index (κ2) is 5.70. The Morgan fingerprint density at radius 1 is 1.16 bits per heavy atom. The van der Waals surface area contributed by atoms with Crippen LogP contribution in [0.15, 0.2) is 0 Å². The number of nitrogens with one attached hydrogen (secondary N) is 1. The predicted molar refractivity (Wildman–Crippen MR) is 74.8 cm³/mol. The highest BCUT2D eigenvalue weighted by Crippen LogP contribution is 2.31. The van der Waals surface area contributed by atoms with Crippen LogP contribution in [0, 0.1) is 17.8 Å². The van der Waals surface area contributed by atoms with Gasteiger partial charge in [0.05, 0.1) is 18.1 Å². The molecule has 0 aromatic carbocycles. The fourth-order valence-corrected chi connectivity index (χ4v) is 4.75. The van der Waals surface area contributed by atoms with E-state index in [1.807, 2.05) is 0 Å². The lowest BCUT2D eigenvalue weighted by molar-refractivity contribution is 0.0735. The number of ether oxygens (including phenoxy) is 1. The summed E-state index contributed by atoms with van der Waals surface area (Å²) in [4.78, 5) is 0. The van der Waals surface area contributed by atoms with Gasteiger partial charge in [0.1, 0.15) is 0 Å². The predicted octanol–water partition coefficient (Wildman–Crippen LogP) is 1.22. The van der Waals surface area contributed by atoms with E-state index in [2.05, 4.69) is 5.32 Å². The maximum atomic E-state index is 11.6. The van der Waals surface area contributed by atoms with Gasteiger partial charge in [-0.1, -0.05) is 0 Å². The minimum Gasteiger partial charge on any atom is -0.381 e. The molecule has 0 bridgehead atoms. The van der Waals surface area contributed by atoms with Crippen LogP contribution < -0.4 is 5.32 Å². The lowest BCUT2D eigenvalue weighted by Crippen LogP contribution is -2.33. The van der Waals surface area contributed by atoms with Crippen molar-refractivity contribution in [3.05, 3.63) is 0 Å². The smallest absolute Gasteiger partial charge is 0.150 e. The molecular weight excluding hydrogens is 262 g/mol. The molecule has 2 atom stereocenters. The Morgan fingerprint density at radius 3 is 2.53 bits per heavy atom. The quantitative estimate of drug-likeness (QED) is 0.729. The topological polar surface area (TPSA) is 55.4 Å². The zero-order valence-corrected chi connectivity index (χ0v) is 12.3. The van der Waals surface area contributed by atoms with E-state index in [1.165, 1.54) is 25.7 Å². The second-order valence-electron chi connectivity index (χ2n) is 6.59. The summed E-state index contributed by atoms with van der Waals surface area (Å²) in [5, 5.41) is 3.54. The Balaban J connectivity index is 1.48. The van der Waals surface area contributed by atoms with Crippen LogP contribution in [-0.2, 0) is 14.6 Å². The van der Waals surface area contributed by atoms with Gasteiger partial charge in [-0.05, 0) is 49.9 Å². The molecule has 0 spiro atoms. The fourth-order valence-electron chi connectivity index (χ4n) is 2.83. The zero-order chi connectivity index (χ0) is 13.3. The molecule has 2 unspecified atom stereocenters. The molecule has 0 radical (unpaired) electrons. The third-order valence-corrected chi connectivity index (χ3v) is 6.36. The van der Waals surface area contributed by atoms with E-state index >= 15 is 0 Å². The van der Waals surface area contributed by atoms with Crippen molar-refractivity contribution in [3.63, 3.8) is 0 Å². The Morgan fingerprint density at radius 2 is 1.95 bits per heavy atom. The molecule has 3 rings (SSSR count). The lowest BCUT2D eigenvalue weighted by atomic mass is 9.92. The van der Waals surface area contributed by atoms with E-state index < -0.39 is 9.84 Å². The average Bonchev–Trinajstić information content (AvgIpc) is 3.24. The van der Waals surface area contributed by atoms with Crippen molar-refractivity contribution in [1.29, 1.82) is 0 Å². The van der Waals surface area contributed by atoms with Crippen molar-refractivity contribution in [2.75, 3.05) is 31.3 Å². The summed E-state index contributed by atoms with van der Waals surface area (Å²) in [6.07, 6.45) is 6.00. The molecule has 5 heteroatoms. The van der Waals surface area contributed by atoms with Gasteiger partial charge in [0, 0.05) is 19.2 Å². The third kappa shape index (κ3) is 4.43. The van der Waals surface area contributed by atoms with Gasteiger partial charge in [-0.2, -0.15) is 0 Å². The van der Waals surface area contributed by atoms with E-state index in [0.717, 1.165) is 32.1 Å². The van der Waals surface area contributed by atoms with Crippen molar-refractivity contribution >= 4 is 9.84 Å². The molecule has 0 amide bonds. The molecule has 1 saturated heterocycles. The summed E-state index contributed by atoms with van der Waals surface area (Å²) in [5.41, 5.74) is 0. The number of hydrogen-bond donors (Lipinski definition) is 1. The maximum Gasteiger partial charge on any atom is 0.150 e. The van der Waals surface area contributed by atoms with Crippen LogP contribution in [0.2, 0.25) is 0 Å². The van der Waals surface area contributed by atoms with Crippen LogP contribution in [0.1, 0.15) is 32.1 Å². The number of hydrogen-bond acceptors (Lipinski definition) is 4. The van der Waals surface area contributed by atoms with Gasteiger partial charge in [-0.3, -0.25) is 0 Å². The molecule has 0 aromatic heterocycles. The molecule has 2 saturated carbocycles. The van der Waals surface area contributed by atoms with Gasteiger partial charge < -0.3 is 10.1 Å². The van der Waals surface area contributed by atoms with Crippen molar-refractivity contribution in [2.24, 2.45) is 17.8 Å². The molecule has 1 heterocycles. The van der Waals surface area contributed by atoms with Gasteiger partial charge in [-0.15, -0.1) is 0 Å². The summed E-state index contributed by atoms with van der Waals surface area (Å²) in [6, 6.07) is 0.684. The first kappa shape index (κ1) is 13.8. The summed E-state index contributed by atoms with van der Waals surface area (Å²) in [6.45, 7) is 2.53. The highest BCUT2D eigenvalue weighted by molar-refractivity contribution is 7.91. The van der Waals surface area contributed by atoms with E-state index in [1.54, 1.807) is 0 Å². The summed E-state index contributed by atoms with van der Waals surface area (Å²) in [7, 11) is -2.78. The molecule has 3 fully saturated rings. The van der Waals surface area contributed by atoms with Gasteiger partial charge >= 0.3 is 0 Å². The first-order valence-electron chi connectivity index (χ1n) is 7.64. The maximum absolute atomic E-state index is 11.6. The molecule has 19 heavy (non-hydrogen) atoms. The van der Waals surface area contributed by atoms with Crippen molar-refractivity contribution in [1.82, 2.24) is 5.32 Å². The van der Waals surface area contributed by atoms with Crippen molar-refractivity contribution in [2.45, 2.75) is 38.1 Å². The Kier molecular flexibility index (Phi) is 4.15. The first-order valence-corrected chi connectivity index (χ1v) is 9.46. The molecule has 110 valence electrons. The standard InChI is InChI=1S/C14H25NO3S/c16-19(17)6-5-12(10-19)13(7-15-14-3-4-14)9-18-8-11-1-2-11/h11-15H,1-10H2. The fraction of sp³-hybridized carbons (Fsp3) is 1.00. The van der Waals surface area contributed by atoms with Crippen LogP contribution in [0.3, 0.4) is 0 Å². The monoisotopic (exact) mass is 287 g/mol. The molecular formula is C14H25NO3S. The van der Waals surface area contributed by atoms with Gasteiger partial charge in [0.2, 0.25) is 0 Å². The summed E-state index contributed by atoms with van der Waals surface area (Å²) >= 11 is 0. The average molecular weight is 287 g/mol. The van der Waals surface area contributed by atoms with Crippen LogP contribution in [-0.4, -0.2) is 45.7 Å². The molecule has 2 aliphatic carbocycles. The highest BCUT2D eigenvalue weighted by atomic mass is 32.2. The molecule has 3 aliphatic rings. The van der Waals surface area contributed by atoms with E-state index in [0.29, 0.717) is 29.4 Å². The molecule has 1 N–H and O–H groups in total. The second-order valence-corrected chi connectivity index (χ2v) is 8.82. The highest BCUT2D eigenvalue weighted by Gasteiger charge is 2.35. The van der Waals surface area contributed by atoms with E-state index in [-0.39, 0.29) is 0 Å².